The van der Waals surface area contributed by atoms with Gasteiger partial charge in [-0.05, 0) is 36.6 Å². The first kappa shape index (κ1) is 17.6. The normalized spacial score (nSPS) is 17.7. The van der Waals surface area contributed by atoms with E-state index in [-0.39, 0.29) is 11.9 Å². The number of alkyl halides is 3. The van der Waals surface area contributed by atoms with E-state index < -0.39 is 11.7 Å². The highest BCUT2D eigenvalue weighted by Crippen LogP contribution is 2.29. The van der Waals surface area contributed by atoms with Crippen LogP contribution >= 0.6 is 0 Å². The molecule has 0 radical (unpaired) electrons. The summed E-state index contributed by atoms with van der Waals surface area (Å²) in [6, 6.07) is 5.13. The molecule has 1 fully saturated rings. The van der Waals surface area contributed by atoms with E-state index in [1.54, 1.807) is 6.07 Å². The third-order valence-corrected chi connectivity index (χ3v) is 4.09. The fraction of sp³-hybridized carbons (Fsp3) is 0.500. The molecule has 1 aliphatic rings. The predicted octanol–water partition coefficient (Wildman–Crippen LogP) is 4.95. The fourth-order valence-corrected chi connectivity index (χ4v) is 2.84. The monoisotopic (exact) mass is 325 g/mol. The molecule has 1 saturated carbocycles. The zero-order valence-corrected chi connectivity index (χ0v) is 13.0. The molecule has 1 amide bonds. The number of hydrogen-bond donors (Lipinski definition) is 1. The van der Waals surface area contributed by atoms with Gasteiger partial charge in [0.2, 0.25) is 5.91 Å². The molecule has 2 nitrogen and oxygen atoms in total. The first-order valence-corrected chi connectivity index (χ1v) is 8.11. The second kappa shape index (κ2) is 8.18. The van der Waals surface area contributed by atoms with E-state index in [1.165, 1.54) is 37.5 Å². The van der Waals surface area contributed by atoms with E-state index in [0.29, 0.717) is 5.56 Å². The van der Waals surface area contributed by atoms with Crippen molar-refractivity contribution in [2.24, 2.45) is 0 Å². The summed E-state index contributed by atoms with van der Waals surface area (Å²) < 4.78 is 37.9. The van der Waals surface area contributed by atoms with Crippen LogP contribution in [0, 0.1) is 0 Å². The maximum atomic E-state index is 12.6. The van der Waals surface area contributed by atoms with Gasteiger partial charge in [-0.1, -0.05) is 44.2 Å². The maximum Gasteiger partial charge on any atom is 0.416 e. The van der Waals surface area contributed by atoms with Crippen LogP contribution in [-0.2, 0) is 11.0 Å². The molecule has 5 heteroatoms. The molecule has 0 atom stereocenters. The molecule has 1 aromatic rings. The second-order valence-electron chi connectivity index (χ2n) is 6.01. The molecule has 0 aliphatic heterocycles. The molecule has 23 heavy (non-hydrogen) atoms. The molecule has 1 aromatic carbocycles. The lowest BCUT2D eigenvalue weighted by molar-refractivity contribution is -0.137. The van der Waals surface area contributed by atoms with Crippen LogP contribution in [0.15, 0.2) is 30.3 Å². The number of rotatable bonds is 3. The van der Waals surface area contributed by atoms with Crippen LogP contribution in [0.1, 0.15) is 56.1 Å². The summed E-state index contributed by atoms with van der Waals surface area (Å²) in [6.07, 6.45) is 6.21. The minimum Gasteiger partial charge on any atom is -0.350 e. The number of carbonyl (C=O) groups is 1. The Morgan fingerprint density at radius 1 is 1.09 bits per heavy atom. The molecule has 2 rings (SSSR count). The molecular weight excluding hydrogens is 303 g/mol. The van der Waals surface area contributed by atoms with E-state index in [1.807, 2.05) is 0 Å². The molecule has 0 bridgehead atoms. The van der Waals surface area contributed by atoms with Crippen LogP contribution in [0.25, 0.3) is 6.08 Å². The molecule has 0 heterocycles. The Hall–Kier alpha value is -1.78. The summed E-state index contributed by atoms with van der Waals surface area (Å²) in [6.45, 7) is 0. The minimum atomic E-state index is -4.37. The van der Waals surface area contributed by atoms with Gasteiger partial charge in [-0.3, -0.25) is 4.79 Å². The SMILES string of the molecule is O=C(/C=C/c1cccc(C(F)(F)F)c1)NC1CCCCCCC1. The van der Waals surface area contributed by atoms with Crippen LogP contribution in [0.2, 0.25) is 0 Å². The van der Waals surface area contributed by atoms with Crippen LogP contribution in [-0.4, -0.2) is 11.9 Å². The van der Waals surface area contributed by atoms with Crippen molar-refractivity contribution in [3.05, 3.63) is 41.5 Å². The molecule has 1 N–H and O–H groups in total. The predicted molar refractivity (Wildman–Crippen MR) is 84.7 cm³/mol. The first-order valence-electron chi connectivity index (χ1n) is 8.11. The van der Waals surface area contributed by atoms with Crippen molar-refractivity contribution >= 4 is 12.0 Å². The lowest BCUT2D eigenvalue weighted by atomic mass is 9.97. The maximum absolute atomic E-state index is 12.6. The average molecular weight is 325 g/mol. The first-order chi connectivity index (χ1) is 10.9. The van der Waals surface area contributed by atoms with E-state index in [4.69, 9.17) is 0 Å². The highest BCUT2D eigenvalue weighted by atomic mass is 19.4. The number of nitrogens with one attached hydrogen (secondary N) is 1. The van der Waals surface area contributed by atoms with Gasteiger partial charge in [0.25, 0.3) is 0 Å². The minimum absolute atomic E-state index is 0.175. The van der Waals surface area contributed by atoms with Gasteiger partial charge in [-0.25, -0.2) is 0 Å². The summed E-state index contributed by atoms with van der Waals surface area (Å²) >= 11 is 0. The van der Waals surface area contributed by atoms with Gasteiger partial charge in [0.05, 0.1) is 5.56 Å². The van der Waals surface area contributed by atoms with Gasteiger partial charge in [-0.15, -0.1) is 0 Å². The Morgan fingerprint density at radius 2 is 1.74 bits per heavy atom. The van der Waals surface area contributed by atoms with Crippen molar-refractivity contribution in [1.82, 2.24) is 5.32 Å². The average Bonchev–Trinajstić information content (AvgIpc) is 2.47. The Labute approximate surface area is 134 Å². The van der Waals surface area contributed by atoms with Crippen LogP contribution in [0.4, 0.5) is 13.2 Å². The van der Waals surface area contributed by atoms with Gasteiger partial charge in [0.1, 0.15) is 0 Å². The fourth-order valence-electron chi connectivity index (χ4n) is 2.84. The van der Waals surface area contributed by atoms with Crippen molar-refractivity contribution in [3.8, 4) is 0 Å². The zero-order valence-electron chi connectivity index (χ0n) is 13.0. The van der Waals surface area contributed by atoms with Crippen molar-refractivity contribution in [1.29, 1.82) is 0 Å². The van der Waals surface area contributed by atoms with Gasteiger partial charge in [-0.2, -0.15) is 13.2 Å². The van der Waals surface area contributed by atoms with Crippen LogP contribution in [0.3, 0.4) is 0 Å². The molecule has 0 spiro atoms. The van der Waals surface area contributed by atoms with E-state index >= 15 is 0 Å². The third kappa shape index (κ3) is 6.08. The number of carbonyl (C=O) groups excluding carboxylic acids is 1. The van der Waals surface area contributed by atoms with E-state index in [2.05, 4.69) is 5.32 Å². The largest absolute Gasteiger partial charge is 0.416 e. The number of amides is 1. The van der Waals surface area contributed by atoms with Crippen LogP contribution < -0.4 is 5.32 Å². The number of halogens is 3. The Morgan fingerprint density at radius 3 is 2.39 bits per heavy atom. The van der Waals surface area contributed by atoms with Gasteiger partial charge >= 0.3 is 6.18 Å². The summed E-state index contributed by atoms with van der Waals surface area (Å²) in [5.41, 5.74) is -0.340. The highest BCUT2D eigenvalue weighted by molar-refractivity contribution is 5.91. The Kier molecular flexibility index (Phi) is 6.25. The second-order valence-corrected chi connectivity index (χ2v) is 6.01. The van der Waals surface area contributed by atoms with Crippen LogP contribution in [0.5, 0.6) is 0 Å². The van der Waals surface area contributed by atoms with Crippen molar-refractivity contribution in [2.75, 3.05) is 0 Å². The molecule has 1 aliphatic carbocycles. The van der Waals surface area contributed by atoms with Gasteiger partial charge in [0.15, 0.2) is 0 Å². The summed E-state index contributed by atoms with van der Waals surface area (Å²) in [5.74, 6) is -0.243. The summed E-state index contributed by atoms with van der Waals surface area (Å²) in [7, 11) is 0. The lowest BCUT2D eigenvalue weighted by Gasteiger charge is -2.20. The topological polar surface area (TPSA) is 29.1 Å². The zero-order chi connectivity index (χ0) is 16.7. The lowest BCUT2D eigenvalue weighted by Crippen LogP contribution is -2.34. The van der Waals surface area contributed by atoms with Crippen molar-refractivity contribution in [2.45, 2.75) is 57.2 Å². The van der Waals surface area contributed by atoms with Crippen molar-refractivity contribution in [3.63, 3.8) is 0 Å². The summed E-state index contributed by atoms with van der Waals surface area (Å²) in [5, 5.41) is 2.95. The Bertz CT molecular complexity index is 543. The van der Waals surface area contributed by atoms with Gasteiger partial charge in [0, 0.05) is 12.1 Å². The van der Waals surface area contributed by atoms with E-state index in [9.17, 15) is 18.0 Å². The molecule has 126 valence electrons. The highest BCUT2D eigenvalue weighted by Gasteiger charge is 2.30. The van der Waals surface area contributed by atoms with Gasteiger partial charge < -0.3 is 5.32 Å². The summed E-state index contributed by atoms with van der Waals surface area (Å²) in [4.78, 5) is 11.9. The molecule has 0 aromatic heterocycles. The molecule has 0 saturated heterocycles. The molecule has 0 unspecified atom stereocenters. The molecular formula is C18H22F3NO. The van der Waals surface area contributed by atoms with E-state index in [0.717, 1.165) is 37.8 Å². The number of hydrogen-bond acceptors (Lipinski definition) is 1. The quantitative estimate of drug-likeness (QED) is 0.783. The Balaban J connectivity index is 1.92. The number of benzene rings is 1. The third-order valence-electron chi connectivity index (χ3n) is 4.09. The van der Waals surface area contributed by atoms with Crippen molar-refractivity contribution < 1.29 is 18.0 Å². The smallest absolute Gasteiger partial charge is 0.350 e. The standard InChI is InChI=1S/C18H22F3NO/c19-18(20,21)15-8-6-7-14(13-15)11-12-17(23)22-16-9-4-2-1-3-5-10-16/h6-8,11-13,16H,1-5,9-10H2,(H,22,23)/b12-11+.